The van der Waals surface area contributed by atoms with Crippen molar-refractivity contribution in [2.75, 3.05) is 26.6 Å². The van der Waals surface area contributed by atoms with Crippen LogP contribution in [0.5, 0.6) is 0 Å². The molecule has 0 saturated carbocycles. The molecule has 4 heteroatoms. The van der Waals surface area contributed by atoms with Crippen LogP contribution in [0.3, 0.4) is 0 Å². The van der Waals surface area contributed by atoms with Gasteiger partial charge in [0.1, 0.15) is 6.79 Å². The van der Waals surface area contributed by atoms with Crippen molar-refractivity contribution in [3.8, 4) is 0 Å². The fraction of sp³-hybridized carbons (Fsp3) is 1.00. The van der Waals surface area contributed by atoms with Gasteiger partial charge in [-0.25, -0.2) is 0 Å². The van der Waals surface area contributed by atoms with Crippen molar-refractivity contribution in [2.24, 2.45) is 5.84 Å². The van der Waals surface area contributed by atoms with Crippen molar-refractivity contribution in [3.05, 3.63) is 0 Å². The average molecular weight is 148 g/mol. The van der Waals surface area contributed by atoms with Gasteiger partial charge in [0, 0.05) is 13.2 Å². The van der Waals surface area contributed by atoms with Gasteiger partial charge in [-0.1, -0.05) is 0 Å². The van der Waals surface area contributed by atoms with Gasteiger partial charge in [-0.15, -0.1) is 0 Å². The summed E-state index contributed by atoms with van der Waals surface area (Å²) in [5.41, 5.74) is 2.54. The molecular formula is C6H16N2O2. The topological polar surface area (TPSA) is 56.5 Å². The molecular weight excluding hydrogens is 132 g/mol. The maximum atomic E-state index is 5.06. The SMILES string of the molecule is CCOCOCCCNN. The minimum absolute atomic E-state index is 0.390. The number of rotatable bonds is 7. The van der Waals surface area contributed by atoms with Crippen LogP contribution in [0.4, 0.5) is 0 Å². The second kappa shape index (κ2) is 8.84. The molecule has 0 aliphatic heterocycles. The summed E-state index contributed by atoms with van der Waals surface area (Å²) in [6.45, 7) is 4.51. The van der Waals surface area contributed by atoms with Crippen molar-refractivity contribution >= 4 is 0 Å². The fourth-order valence-corrected chi connectivity index (χ4v) is 0.477. The molecule has 0 aromatic heterocycles. The first kappa shape index (κ1) is 9.84. The Bertz CT molecular complexity index is 53.7. The molecule has 3 N–H and O–H groups in total. The molecule has 4 nitrogen and oxygen atoms in total. The highest BCUT2D eigenvalue weighted by Gasteiger charge is 1.85. The Morgan fingerprint density at radius 2 is 2.20 bits per heavy atom. The zero-order valence-electron chi connectivity index (χ0n) is 6.43. The van der Waals surface area contributed by atoms with E-state index in [-0.39, 0.29) is 0 Å². The van der Waals surface area contributed by atoms with Gasteiger partial charge in [0.2, 0.25) is 0 Å². The van der Waals surface area contributed by atoms with E-state index in [9.17, 15) is 0 Å². The second-order valence-electron chi connectivity index (χ2n) is 1.83. The number of nitrogens with one attached hydrogen (secondary N) is 1. The zero-order chi connectivity index (χ0) is 7.66. The highest BCUT2D eigenvalue weighted by Crippen LogP contribution is 1.81. The van der Waals surface area contributed by atoms with Crippen molar-refractivity contribution < 1.29 is 9.47 Å². The molecule has 0 aromatic carbocycles. The van der Waals surface area contributed by atoms with Crippen molar-refractivity contribution in [1.29, 1.82) is 0 Å². The second-order valence-corrected chi connectivity index (χ2v) is 1.83. The average Bonchev–Trinajstić information content (AvgIpc) is 1.97. The van der Waals surface area contributed by atoms with E-state index < -0.39 is 0 Å². The van der Waals surface area contributed by atoms with Gasteiger partial charge >= 0.3 is 0 Å². The van der Waals surface area contributed by atoms with E-state index >= 15 is 0 Å². The maximum absolute atomic E-state index is 5.06. The molecule has 0 spiro atoms. The smallest absolute Gasteiger partial charge is 0.146 e. The van der Waals surface area contributed by atoms with Crippen LogP contribution in [-0.2, 0) is 9.47 Å². The van der Waals surface area contributed by atoms with Crippen LogP contribution in [0, 0.1) is 0 Å². The van der Waals surface area contributed by atoms with Gasteiger partial charge in [-0.2, -0.15) is 0 Å². The predicted molar refractivity (Wildman–Crippen MR) is 39.3 cm³/mol. The third-order valence-electron chi connectivity index (χ3n) is 0.981. The molecule has 0 heterocycles. The third kappa shape index (κ3) is 7.84. The molecule has 0 aromatic rings. The highest BCUT2D eigenvalue weighted by atomic mass is 16.7. The highest BCUT2D eigenvalue weighted by molar-refractivity contribution is 4.35. The van der Waals surface area contributed by atoms with Gasteiger partial charge < -0.3 is 9.47 Å². The predicted octanol–water partition coefficient (Wildman–Crippen LogP) is -0.150. The van der Waals surface area contributed by atoms with Crippen LogP contribution in [0.1, 0.15) is 13.3 Å². The quantitative estimate of drug-likeness (QED) is 0.228. The van der Waals surface area contributed by atoms with Crippen LogP contribution in [0.25, 0.3) is 0 Å². The van der Waals surface area contributed by atoms with E-state index in [2.05, 4.69) is 5.43 Å². The van der Waals surface area contributed by atoms with E-state index in [1.807, 2.05) is 6.92 Å². The van der Waals surface area contributed by atoms with Crippen molar-refractivity contribution in [2.45, 2.75) is 13.3 Å². The lowest BCUT2D eigenvalue weighted by Gasteiger charge is -2.02. The minimum atomic E-state index is 0.390. The largest absolute Gasteiger partial charge is 0.356 e. The summed E-state index contributed by atoms with van der Waals surface area (Å²) in [6.07, 6.45) is 0.920. The number of ether oxygens (including phenoxy) is 2. The van der Waals surface area contributed by atoms with Crippen molar-refractivity contribution in [3.63, 3.8) is 0 Å². The summed E-state index contributed by atoms with van der Waals surface area (Å²) < 4.78 is 10.00. The number of hydrogen-bond acceptors (Lipinski definition) is 4. The fourth-order valence-electron chi connectivity index (χ4n) is 0.477. The third-order valence-corrected chi connectivity index (χ3v) is 0.981. The van der Waals surface area contributed by atoms with Gasteiger partial charge in [0.05, 0.1) is 6.61 Å². The van der Waals surface area contributed by atoms with E-state index in [1.54, 1.807) is 0 Å². The number of nitrogens with two attached hydrogens (primary N) is 1. The lowest BCUT2D eigenvalue weighted by molar-refractivity contribution is -0.0496. The molecule has 0 bridgehead atoms. The Balaban J connectivity index is 2.65. The van der Waals surface area contributed by atoms with E-state index in [1.165, 1.54) is 0 Å². The van der Waals surface area contributed by atoms with Crippen LogP contribution in [0.2, 0.25) is 0 Å². The Morgan fingerprint density at radius 3 is 2.80 bits per heavy atom. The van der Waals surface area contributed by atoms with Gasteiger partial charge in [0.15, 0.2) is 0 Å². The molecule has 0 amide bonds. The molecule has 0 aliphatic carbocycles. The van der Waals surface area contributed by atoms with E-state index in [4.69, 9.17) is 15.3 Å². The van der Waals surface area contributed by atoms with E-state index in [0.717, 1.165) is 13.0 Å². The lowest BCUT2D eigenvalue weighted by Crippen LogP contribution is -2.24. The summed E-state index contributed by atoms with van der Waals surface area (Å²) in [6, 6.07) is 0. The number of hydrazine groups is 1. The monoisotopic (exact) mass is 148 g/mol. The first-order valence-corrected chi connectivity index (χ1v) is 3.50. The standard InChI is InChI=1S/C6H16N2O2/c1-2-9-6-10-5-3-4-8-7/h8H,2-7H2,1H3. The van der Waals surface area contributed by atoms with Crippen molar-refractivity contribution in [1.82, 2.24) is 5.43 Å². The lowest BCUT2D eigenvalue weighted by atomic mass is 10.5. The summed E-state index contributed by atoms with van der Waals surface area (Å²) in [5, 5.41) is 0. The Hall–Kier alpha value is -0.160. The van der Waals surface area contributed by atoms with Gasteiger partial charge in [-0.05, 0) is 13.3 Å². The van der Waals surface area contributed by atoms with Crippen LogP contribution in [-0.4, -0.2) is 26.6 Å². The van der Waals surface area contributed by atoms with Crippen LogP contribution < -0.4 is 11.3 Å². The molecule has 0 aliphatic rings. The Labute approximate surface area is 61.7 Å². The summed E-state index contributed by atoms with van der Waals surface area (Å²) in [7, 11) is 0. The summed E-state index contributed by atoms with van der Waals surface area (Å²) in [4.78, 5) is 0. The first-order chi connectivity index (χ1) is 4.91. The Kier molecular flexibility index (Phi) is 8.70. The van der Waals surface area contributed by atoms with E-state index in [0.29, 0.717) is 20.0 Å². The zero-order valence-corrected chi connectivity index (χ0v) is 6.43. The molecule has 62 valence electrons. The number of hydrogen-bond donors (Lipinski definition) is 2. The Morgan fingerprint density at radius 1 is 1.40 bits per heavy atom. The molecule has 0 radical (unpaired) electrons. The molecule has 0 atom stereocenters. The molecule has 0 unspecified atom stereocenters. The maximum Gasteiger partial charge on any atom is 0.146 e. The molecule has 10 heavy (non-hydrogen) atoms. The first-order valence-electron chi connectivity index (χ1n) is 3.50. The molecule has 0 saturated heterocycles. The summed E-state index contributed by atoms with van der Waals surface area (Å²) >= 11 is 0. The molecule has 0 fully saturated rings. The van der Waals surface area contributed by atoms with Gasteiger partial charge in [-0.3, -0.25) is 11.3 Å². The minimum Gasteiger partial charge on any atom is -0.356 e. The van der Waals surface area contributed by atoms with Crippen LogP contribution >= 0.6 is 0 Å². The summed E-state index contributed by atoms with van der Waals surface area (Å²) in [5.74, 6) is 5.03. The van der Waals surface area contributed by atoms with Crippen LogP contribution in [0.15, 0.2) is 0 Å². The van der Waals surface area contributed by atoms with Gasteiger partial charge in [0.25, 0.3) is 0 Å². The normalized spacial score (nSPS) is 10.2. The molecule has 0 rings (SSSR count).